The molecule has 0 aliphatic carbocycles. The van der Waals surface area contributed by atoms with Gasteiger partial charge in [-0.15, -0.1) is 0 Å². The van der Waals surface area contributed by atoms with Crippen LogP contribution in [0.2, 0.25) is 5.02 Å². The van der Waals surface area contributed by atoms with Crippen LogP contribution in [0.5, 0.6) is 11.5 Å². The number of carbonyl (C=O) groups is 2. The predicted octanol–water partition coefficient (Wildman–Crippen LogP) is 0.602. The number of ether oxygens (including phenoxy) is 2. The summed E-state index contributed by atoms with van der Waals surface area (Å²) < 4.78 is 10.1. The van der Waals surface area contributed by atoms with Crippen molar-refractivity contribution >= 4 is 29.2 Å². The monoisotopic (exact) mass is 284 g/mol. The number of carboxylic acids is 1. The summed E-state index contributed by atoms with van der Waals surface area (Å²) in [5.74, 6) is -1.39. The summed E-state index contributed by atoms with van der Waals surface area (Å²) >= 11 is 5.92. The molecule has 1 amide bonds. The van der Waals surface area contributed by atoms with Crippen molar-refractivity contribution in [3.63, 3.8) is 0 Å². The fraction of sp³-hybridized carbons (Fsp3) is 0.167. The average Bonchev–Trinajstić information content (AvgIpc) is 2.36. The van der Waals surface area contributed by atoms with Crippen LogP contribution < -0.4 is 19.9 Å². The maximum absolute atomic E-state index is 11.4. The molecule has 0 saturated heterocycles. The van der Waals surface area contributed by atoms with Crippen molar-refractivity contribution in [3.05, 3.63) is 29.3 Å². The van der Waals surface area contributed by atoms with Gasteiger partial charge in [-0.1, -0.05) is 11.6 Å². The molecule has 6 nitrogen and oxygen atoms in total. The highest BCUT2D eigenvalue weighted by atomic mass is 35.5. The molecule has 0 bridgehead atoms. The number of carbonyl (C=O) groups excluding carboxylic acids is 2. The third kappa shape index (κ3) is 4.18. The quantitative estimate of drug-likeness (QED) is 0.800. The molecule has 0 spiro atoms. The average molecular weight is 285 g/mol. The molecule has 7 heteroatoms. The Morgan fingerprint density at radius 1 is 1.21 bits per heavy atom. The van der Waals surface area contributed by atoms with Crippen LogP contribution in [0.25, 0.3) is 0 Å². The molecule has 0 saturated carbocycles. The standard InChI is InChI=1S/C12H12ClNO5/c1-18-9-6-10(19-2)8(5-7(9)13)14-11(15)3-4-12(16)17/h3-6H,1-2H3,(H,14,15)(H,16,17)/p-1/b4-3+. The molecule has 1 N–H and O–H groups in total. The molecular formula is C12H11ClNO5-. The van der Waals surface area contributed by atoms with Crippen molar-refractivity contribution in [1.29, 1.82) is 0 Å². The van der Waals surface area contributed by atoms with Crippen molar-refractivity contribution in [2.45, 2.75) is 0 Å². The first kappa shape index (κ1) is 14.8. The van der Waals surface area contributed by atoms with Gasteiger partial charge >= 0.3 is 0 Å². The van der Waals surface area contributed by atoms with E-state index in [0.717, 1.165) is 6.08 Å². The van der Waals surface area contributed by atoms with Gasteiger partial charge in [-0.3, -0.25) is 4.79 Å². The van der Waals surface area contributed by atoms with Crippen molar-refractivity contribution in [1.82, 2.24) is 0 Å². The smallest absolute Gasteiger partial charge is 0.248 e. The molecule has 1 aromatic carbocycles. The van der Waals surface area contributed by atoms with Crippen LogP contribution in [-0.4, -0.2) is 26.1 Å². The van der Waals surface area contributed by atoms with Crippen molar-refractivity contribution in [3.8, 4) is 11.5 Å². The van der Waals surface area contributed by atoms with Crippen LogP contribution >= 0.6 is 11.6 Å². The van der Waals surface area contributed by atoms with E-state index in [1.165, 1.54) is 26.4 Å². The Morgan fingerprint density at radius 3 is 2.37 bits per heavy atom. The van der Waals surface area contributed by atoms with E-state index in [4.69, 9.17) is 21.1 Å². The Bertz CT molecular complexity index is 527. The summed E-state index contributed by atoms with van der Waals surface area (Å²) in [5, 5.41) is 12.9. The summed E-state index contributed by atoms with van der Waals surface area (Å²) in [6.07, 6.45) is 1.44. The molecule has 1 rings (SSSR count). The maximum atomic E-state index is 11.4. The molecule has 0 aliphatic rings. The van der Waals surface area contributed by atoms with E-state index in [-0.39, 0.29) is 5.02 Å². The number of halogens is 1. The van der Waals surface area contributed by atoms with E-state index in [0.29, 0.717) is 23.3 Å². The lowest BCUT2D eigenvalue weighted by Gasteiger charge is -2.12. The van der Waals surface area contributed by atoms with Crippen molar-refractivity contribution < 1.29 is 24.2 Å². The minimum Gasteiger partial charge on any atom is -0.545 e. The molecule has 0 radical (unpaired) electrons. The van der Waals surface area contributed by atoms with Crippen LogP contribution in [-0.2, 0) is 9.59 Å². The number of amides is 1. The number of benzene rings is 1. The molecule has 19 heavy (non-hydrogen) atoms. The Balaban J connectivity index is 2.97. The minimum atomic E-state index is -1.46. The number of methoxy groups -OCH3 is 2. The van der Waals surface area contributed by atoms with E-state index in [1.807, 2.05) is 0 Å². The predicted molar refractivity (Wildman–Crippen MR) is 67.3 cm³/mol. The Labute approximate surface area is 114 Å². The van der Waals surface area contributed by atoms with Gasteiger partial charge in [0.25, 0.3) is 0 Å². The number of hydrogen-bond donors (Lipinski definition) is 1. The van der Waals surface area contributed by atoms with E-state index in [2.05, 4.69) is 5.32 Å². The van der Waals surface area contributed by atoms with Crippen LogP contribution in [0.4, 0.5) is 5.69 Å². The highest BCUT2D eigenvalue weighted by Crippen LogP contribution is 2.35. The lowest BCUT2D eigenvalue weighted by molar-refractivity contribution is -0.297. The first-order chi connectivity index (χ1) is 8.97. The second-order valence-electron chi connectivity index (χ2n) is 3.33. The highest BCUT2D eigenvalue weighted by molar-refractivity contribution is 6.32. The Hall–Kier alpha value is -2.21. The third-order valence-electron chi connectivity index (χ3n) is 2.10. The topological polar surface area (TPSA) is 87.7 Å². The molecule has 0 fully saturated rings. The highest BCUT2D eigenvalue weighted by Gasteiger charge is 2.11. The van der Waals surface area contributed by atoms with Gasteiger partial charge in [0.15, 0.2) is 0 Å². The van der Waals surface area contributed by atoms with Gasteiger partial charge in [-0.2, -0.15) is 0 Å². The zero-order valence-corrected chi connectivity index (χ0v) is 11.0. The third-order valence-corrected chi connectivity index (χ3v) is 2.40. The number of rotatable bonds is 5. The van der Waals surface area contributed by atoms with Crippen LogP contribution in [0.1, 0.15) is 0 Å². The van der Waals surface area contributed by atoms with Crippen LogP contribution in [0, 0.1) is 0 Å². The van der Waals surface area contributed by atoms with Crippen LogP contribution in [0.3, 0.4) is 0 Å². The number of hydrogen-bond acceptors (Lipinski definition) is 5. The molecule has 0 aliphatic heterocycles. The largest absolute Gasteiger partial charge is 0.545 e. The van der Waals surface area contributed by atoms with Gasteiger partial charge in [0.1, 0.15) is 11.5 Å². The van der Waals surface area contributed by atoms with Crippen molar-refractivity contribution in [2.75, 3.05) is 19.5 Å². The normalized spacial score (nSPS) is 10.3. The zero-order chi connectivity index (χ0) is 14.4. The van der Waals surface area contributed by atoms with Gasteiger partial charge in [-0.05, 0) is 12.1 Å². The zero-order valence-electron chi connectivity index (χ0n) is 10.2. The van der Waals surface area contributed by atoms with E-state index in [9.17, 15) is 14.7 Å². The van der Waals surface area contributed by atoms with E-state index in [1.54, 1.807) is 0 Å². The lowest BCUT2D eigenvalue weighted by Crippen LogP contribution is -2.20. The first-order valence-corrected chi connectivity index (χ1v) is 5.47. The summed E-state index contributed by atoms with van der Waals surface area (Å²) in [7, 11) is 2.86. The van der Waals surface area contributed by atoms with Gasteiger partial charge in [0, 0.05) is 12.1 Å². The molecular weight excluding hydrogens is 274 g/mol. The Kier molecular flexibility index (Phi) is 5.20. The Morgan fingerprint density at radius 2 is 1.84 bits per heavy atom. The second-order valence-corrected chi connectivity index (χ2v) is 3.74. The molecule has 0 heterocycles. The summed E-state index contributed by atoms with van der Waals surface area (Å²) in [5.41, 5.74) is 0.293. The molecule has 1 aromatic rings. The van der Waals surface area contributed by atoms with Gasteiger partial charge in [0.2, 0.25) is 5.91 Å². The van der Waals surface area contributed by atoms with Gasteiger partial charge < -0.3 is 24.7 Å². The SMILES string of the molecule is COc1cc(OC)c(NC(=O)/C=C/C(=O)[O-])cc1Cl. The van der Waals surface area contributed by atoms with E-state index < -0.39 is 11.9 Å². The minimum absolute atomic E-state index is 0.280. The fourth-order valence-corrected chi connectivity index (χ4v) is 1.52. The summed E-state index contributed by atoms with van der Waals surface area (Å²) in [6.45, 7) is 0. The maximum Gasteiger partial charge on any atom is 0.248 e. The number of carboxylic acid groups (broad SMARTS) is 1. The van der Waals surface area contributed by atoms with Crippen LogP contribution in [0.15, 0.2) is 24.3 Å². The number of nitrogens with one attached hydrogen (secondary N) is 1. The number of aliphatic carboxylic acids is 1. The van der Waals surface area contributed by atoms with Gasteiger partial charge in [-0.25, -0.2) is 0 Å². The molecule has 0 aromatic heterocycles. The molecule has 0 unspecified atom stereocenters. The second kappa shape index (κ2) is 6.65. The fourth-order valence-electron chi connectivity index (χ4n) is 1.28. The lowest BCUT2D eigenvalue weighted by atomic mass is 10.2. The van der Waals surface area contributed by atoms with Gasteiger partial charge in [0.05, 0.1) is 30.9 Å². The first-order valence-electron chi connectivity index (χ1n) is 5.09. The molecule has 102 valence electrons. The molecule has 0 atom stereocenters. The van der Waals surface area contributed by atoms with E-state index >= 15 is 0 Å². The summed E-state index contributed by atoms with van der Waals surface area (Å²) in [4.78, 5) is 21.6. The summed E-state index contributed by atoms with van der Waals surface area (Å²) in [6, 6.07) is 2.93. The van der Waals surface area contributed by atoms with Crippen molar-refractivity contribution in [2.24, 2.45) is 0 Å². The number of anilines is 1.